The molecule has 1 aromatic rings. The van der Waals surface area contributed by atoms with Gasteiger partial charge in [-0.1, -0.05) is 20.8 Å². The SMILES string of the molecule is CC(C)(C)OC(=O)NC(CN1C(=O)c2cc[n+](O)cc2C1=O)C(C)(C)C. The first-order valence-corrected chi connectivity index (χ1v) is 8.40. The van der Waals surface area contributed by atoms with Crippen LogP contribution in [0.15, 0.2) is 18.5 Å². The zero-order valence-electron chi connectivity index (χ0n) is 16.0. The third-order valence-electron chi connectivity index (χ3n) is 4.00. The van der Waals surface area contributed by atoms with Crippen molar-refractivity contribution in [2.75, 3.05) is 6.54 Å². The molecular weight excluding hydrogens is 338 g/mol. The van der Waals surface area contributed by atoms with Crippen LogP contribution in [0.1, 0.15) is 62.3 Å². The molecule has 0 saturated heterocycles. The molecule has 8 nitrogen and oxygen atoms in total. The summed E-state index contributed by atoms with van der Waals surface area (Å²) < 4.78 is 6.01. The number of ether oxygens (including phenoxy) is 1. The molecule has 0 aromatic carbocycles. The highest BCUT2D eigenvalue weighted by molar-refractivity contribution is 6.21. The van der Waals surface area contributed by atoms with Crippen molar-refractivity contribution in [3.8, 4) is 0 Å². The summed E-state index contributed by atoms with van der Waals surface area (Å²) >= 11 is 0. The van der Waals surface area contributed by atoms with Crippen LogP contribution in [0.5, 0.6) is 0 Å². The molecule has 8 heteroatoms. The predicted octanol–water partition coefficient (Wildman–Crippen LogP) is 1.75. The van der Waals surface area contributed by atoms with Gasteiger partial charge in [-0.3, -0.25) is 19.7 Å². The Morgan fingerprint density at radius 1 is 1.19 bits per heavy atom. The van der Waals surface area contributed by atoms with Gasteiger partial charge < -0.3 is 10.1 Å². The Labute approximate surface area is 152 Å². The highest BCUT2D eigenvalue weighted by Crippen LogP contribution is 2.26. The first-order valence-electron chi connectivity index (χ1n) is 8.40. The summed E-state index contributed by atoms with van der Waals surface area (Å²) in [7, 11) is 0. The molecule has 0 spiro atoms. The molecule has 26 heavy (non-hydrogen) atoms. The molecule has 0 aliphatic carbocycles. The van der Waals surface area contributed by atoms with Gasteiger partial charge in [-0.25, -0.2) is 4.79 Å². The largest absolute Gasteiger partial charge is 0.444 e. The Kier molecular flexibility index (Phi) is 4.98. The number of hydrogen-bond acceptors (Lipinski definition) is 5. The molecule has 0 fully saturated rings. The van der Waals surface area contributed by atoms with Gasteiger partial charge in [0.25, 0.3) is 11.8 Å². The lowest BCUT2D eigenvalue weighted by Crippen LogP contribution is -2.52. The minimum absolute atomic E-state index is 0.000514. The monoisotopic (exact) mass is 364 g/mol. The van der Waals surface area contributed by atoms with Crippen LogP contribution in [0.25, 0.3) is 0 Å². The zero-order valence-corrected chi connectivity index (χ0v) is 16.0. The Bertz CT molecular complexity index is 746. The lowest BCUT2D eigenvalue weighted by molar-refractivity contribution is -0.904. The molecule has 0 saturated carbocycles. The van der Waals surface area contributed by atoms with Crippen molar-refractivity contribution < 1.29 is 29.1 Å². The Hall–Kier alpha value is -2.64. The molecule has 0 bridgehead atoms. The molecule has 1 atom stereocenters. The molecule has 2 N–H and O–H groups in total. The van der Waals surface area contributed by atoms with E-state index in [9.17, 15) is 19.6 Å². The summed E-state index contributed by atoms with van der Waals surface area (Å²) in [5, 5.41) is 12.2. The van der Waals surface area contributed by atoms with Crippen LogP contribution in [-0.2, 0) is 4.74 Å². The van der Waals surface area contributed by atoms with Crippen molar-refractivity contribution >= 4 is 17.9 Å². The standard InChI is InChI=1S/C18H25N3O5/c1-17(2,3)13(19-16(24)26-18(4,5)6)10-21-14(22)11-7-8-20(25)9-12(11)15(21)23/h7-9,13H,10H2,1-6H3,(H-,19,22,24,25)/p+1. The summed E-state index contributed by atoms with van der Waals surface area (Å²) in [6.07, 6.45) is 1.87. The molecule has 1 aromatic heterocycles. The van der Waals surface area contributed by atoms with Crippen LogP contribution in [-0.4, -0.2) is 46.2 Å². The number of rotatable bonds is 3. The lowest BCUT2D eigenvalue weighted by atomic mass is 9.86. The maximum atomic E-state index is 12.6. The second kappa shape index (κ2) is 6.59. The number of fused-ring (bicyclic) bond motifs is 1. The van der Waals surface area contributed by atoms with E-state index in [1.54, 1.807) is 20.8 Å². The normalized spacial score (nSPS) is 15.7. The van der Waals surface area contributed by atoms with Gasteiger partial charge in [-0.2, -0.15) is 0 Å². The molecule has 1 aliphatic rings. The van der Waals surface area contributed by atoms with Crippen molar-refractivity contribution in [2.45, 2.75) is 53.2 Å². The number of carbonyl (C=O) groups is 3. The van der Waals surface area contributed by atoms with Crippen LogP contribution >= 0.6 is 0 Å². The Balaban J connectivity index is 2.21. The maximum Gasteiger partial charge on any atom is 0.407 e. The molecule has 0 radical (unpaired) electrons. The third-order valence-corrected chi connectivity index (χ3v) is 4.00. The fraction of sp³-hybridized carbons (Fsp3) is 0.556. The van der Waals surface area contributed by atoms with Gasteiger partial charge in [0.05, 0.1) is 18.2 Å². The summed E-state index contributed by atoms with van der Waals surface area (Å²) in [6.45, 7) is 11.0. The number of hydrogen-bond donors (Lipinski definition) is 2. The molecule has 142 valence electrons. The first-order chi connectivity index (χ1) is 11.8. The second-order valence-electron chi connectivity index (χ2n) is 8.44. The topological polar surface area (TPSA) is 99.8 Å². The highest BCUT2D eigenvalue weighted by Gasteiger charge is 2.41. The molecule has 1 unspecified atom stereocenters. The molecule has 1 aliphatic heterocycles. The Morgan fingerprint density at radius 2 is 1.77 bits per heavy atom. The zero-order chi connectivity index (χ0) is 19.9. The molecular formula is C18H26N3O5+. The van der Waals surface area contributed by atoms with Gasteiger partial charge in [0, 0.05) is 10.8 Å². The fourth-order valence-electron chi connectivity index (χ4n) is 2.56. The molecule has 3 amide bonds. The van der Waals surface area contributed by atoms with Gasteiger partial charge in [0.2, 0.25) is 12.4 Å². The molecule has 2 heterocycles. The van der Waals surface area contributed by atoms with Crippen LogP contribution in [0.2, 0.25) is 0 Å². The number of carbonyl (C=O) groups excluding carboxylic acids is 3. The number of nitrogens with one attached hydrogen (secondary N) is 1. The maximum absolute atomic E-state index is 12.6. The van der Waals surface area contributed by atoms with Gasteiger partial charge >= 0.3 is 6.09 Å². The van der Waals surface area contributed by atoms with Gasteiger partial charge in [-0.05, 0) is 26.2 Å². The van der Waals surface area contributed by atoms with E-state index in [1.807, 2.05) is 20.8 Å². The lowest BCUT2D eigenvalue weighted by Gasteiger charge is -2.34. The number of pyridine rings is 1. The van der Waals surface area contributed by atoms with Gasteiger partial charge in [0.1, 0.15) is 11.2 Å². The number of nitrogens with zero attached hydrogens (tertiary/aromatic N) is 2. The molecule has 2 rings (SSSR count). The summed E-state index contributed by atoms with van der Waals surface area (Å²) in [5.74, 6) is -0.959. The summed E-state index contributed by atoms with van der Waals surface area (Å²) in [6, 6.07) is 0.879. The predicted molar refractivity (Wildman–Crippen MR) is 91.8 cm³/mol. The first kappa shape index (κ1) is 19.7. The number of aromatic nitrogens is 1. The van der Waals surface area contributed by atoms with Crippen molar-refractivity contribution in [1.82, 2.24) is 10.2 Å². The highest BCUT2D eigenvalue weighted by atomic mass is 16.6. The van der Waals surface area contributed by atoms with E-state index in [4.69, 9.17) is 4.74 Å². The van der Waals surface area contributed by atoms with Crippen LogP contribution in [0, 0.1) is 5.41 Å². The van der Waals surface area contributed by atoms with Gasteiger partial charge in [-0.15, -0.1) is 0 Å². The fourth-order valence-corrected chi connectivity index (χ4v) is 2.56. The van der Waals surface area contributed by atoms with E-state index < -0.39 is 35.0 Å². The minimum Gasteiger partial charge on any atom is -0.444 e. The van der Waals surface area contributed by atoms with Crippen LogP contribution in [0.3, 0.4) is 0 Å². The van der Waals surface area contributed by atoms with Crippen LogP contribution in [0.4, 0.5) is 4.79 Å². The van der Waals surface area contributed by atoms with E-state index in [0.29, 0.717) is 0 Å². The average molecular weight is 364 g/mol. The Morgan fingerprint density at radius 3 is 2.31 bits per heavy atom. The third kappa shape index (κ3) is 4.30. The van der Waals surface area contributed by atoms with Crippen molar-refractivity contribution in [1.29, 1.82) is 0 Å². The average Bonchev–Trinajstić information content (AvgIpc) is 2.68. The quantitative estimate of drug-likeness (QED) is 0.483. The van der Waals surface area contributed by atoms with E-state index in [-0.39, 0.29) is 17.7 Å². The van der Waals surface area contributed by atoms with Crippen molar-refractivity contribution in [3.63, 3.8) is 0 Å². The second-order valence-corrected chi connectivity index (χ2v) is 8.44. The van der Waals surface area contributed by atoms with Crippen molar-refractivity contribution in [3.05, 3.63) is 29.6 Å². The number of amides is 3. The number of alkyl carbamates (subject to hydrolysis) is 1. The van der Waals surface area contributed by atoms with E-state index >= 15 is 0 Å². The summed E-state index contributed by atoms with van der Waals surface area (Å²) in [5.41, 5.74) is -0.727. The van der Waals surface area contributed by atoms with Crippen LogP contribution < -0.4 is 10.0 Å². The smallest absolute Gasteiger partial charge is 0.407 e. The van der Waals surface area contributed by atoms with E-state index in [2.05, 4.69) is 5.32 Å². The number of imide groups is 1. The van der Waals surface area contributed by atoms with E-state index in [0.717, 1.165) is 9.63 Å². The van der Waals surface area contributed by atoms with Gasteiger partial charge in [0.15, 0.2) is 0 Å². The van der Waals surface area contributed by atoms with E-state index in [1.165, 1.54) is 18.5 Å². The summed E-state index contributed by atoms with van der Waals surface area (Å²) in [4.78, 5) is 38.4. The van der Waals surface area contributed by atoms with Crippen molar-refractivity contribution in [2.24, 2.45) is 5.41 Å². The minimum atomic E-state index is -0.656.